The molecule has 1 saturated heterocycles. The molecule has 1 aromatic rings. The zero-order valence-electron chi connectivity index (χ0n) is 11.4. The van der Waals surface area contributed by atoms with Gasteiger partial charge in [-0.3, -0.25) is 0 Å². The molecule has 6 nitrogen and oxygen atoms in total. The van der Waals surface area contributed by atoms with E-state index in [9.17, 15) is 18.3 Å². The number of sulfonamides is 1. The monoisotopic (exact) mass is 333 g/mol. The maximum absolute atomic E-state index is 12.7. The van der Waals surface area contributed by atoms with Gasteiger partial charge in [0.05, 0.1) is 17.1 Å². The number of hydrogen-bond acceptors (Lipinski definition) is 4. The molecule has 1 aliphatic heterocycles. The van der Waals surface area contributed by atoms with Crippen molar-refractivity contribution in [2.75, 3.05) is 13.2 Å². The average Bonchev–Trinajstić information content (AvgIpc) is 2.89. The van der Waals surface area contributed by atoms with Gasteiger partial charge in [0.2, 0.25) is 10.0 Å². The third-order valence-corrected chi connectivity index (χ3v) is 5.97. The molecular weight excluding hydrogens is 318 g/mol. The van der Waals surface area contributed by atoms with E-state index in [2.05, 4.69) is 0 Å². The van der Waals surface area contributed by atoms with Gasteiger partial charge in [-0.1, -0.05) is 11.6 Å². The summed E-state index contributed by atoms with van der Waals surface area (Å²) in [6, 6.07) is 2.01. The highest BCUT2D eigenvalue weighted by molar-refractivity contribution is 7.89. The van der Waals surface area contributed by atoms with Crippen LogP contribution in [0.4, 0.5) is 0 Å². The van der Waals surface area contributed by atoms with Crippen LogP contribution in [0.1, 0.15) is 28.8 Å². The van der Waals surface area contributed by atoms with Crippen LogP contribution >= 0.6 is 11.6 Å². The van der Waals surface area contributed by atoms with E-state index in [1.807, 2.05) is 0 Å². The van der Waals surface area contributed by atoms with Crippen LogP contribution in [0.25, 0.3) is 0 Å². The first-order chi connectivity index (χ1) is 9.78. The molecule has 0 radical (unpaired) electrons. The Labute approximate surface area is 128 Å². The molecule has 0 bridgehead atoms. The summed E-state index contributed by atoms with van der Waals surface area (Å²) in [4.78, 5) is 11.1. The van der Waals surface area contributed by atoms with Gasteiger partial charge in [0.25, 0.3) is 0 Å². The molecule has 2 rings (SSSR count). The predicted molar refractivity (Wildman–Crippen MR) is 77.1 cm³/mol. The number of hydrogen-bond donors (Lipinski definition) is 2. The predicted octanol–water partition coefficient (Wildman–Crippen LogP) is 1.49. The number of rotatable bonds is 4. The van der Waals surface area contributed by atoms with Crippen molar-refractivity contribution in [1.29, 1.82) is 0 Å². The number of carboxylic acid groups (broad SMARTS) is 1. The standard InChI is InChI=1S/C13H16ClNO5S/c1-8-11(13(17)18)5-9(14)6-12(8)21(19,20)15-4-2-3-10(15)7-16/h5-6,10,16H,2-4,7H2,1H3,(H,17,18)/t10-/m0/s1. The van der Waals surface area contributed by atoms with Crippen molar-refractivity contribution in [3.8, 4) is 0 Å². The van der Waals surface area contributed by atoms with Crippen LogP contribution in [0, 0.1) is 6.92 Å². The molecule has 1 heterocycles. The molecule has 116 valence electrons. The second-order valence-corrected chi connectivity index (χ2v) is 7.27. The highest BCUT2D eigenvalue weighted by Crippen LogP contribution is 2.31. The maximum Gasteiger partial charge on any atom is 0.336 e. The van der Waals surface area contributed by atoms with Crippen LogP contribution in [0.5, 0.6) is 0 Å². The average molecular weight is 334 g/mol. The summed E-state index contributed by atoms with van der Waals surface area (Å²) in [6.07, 6.45) is 1.25. The lowest BCUT2D eigenvalue weighted by Crippen LogP contribution is -2.38. The van der Waals surface area contributed by atoms with Crippen molar-refractivity contribution in [3.05, 3.63) is 28.3 Å². The maximum atomic E-state index is 12.7. The van der Waals surface area contributed by atoms with Crippen LogP contribution in [-0.4, -0.2) is 48.1 Å². The third-order valence-electron chi connectivity index (χ3n) is 3.68. The number of aliphatic hydroxyl groups excluding tert-OH is 1. The van der Waals surface area contributed by atoms with E-state index in [1.54, 1.807) is 0 Å². The SMILES string of the molecule is Cc1c(C(=O)O)cc(Cl)cc1S(=O)(=O)N1CCC[C@H]1CO. The van der Waals surface area contributed by atoms with Gasteiger partial charge in [-0.05, 0) is 37.5 Å². The van der Waals surface area contributed by atoms with Crippen LogP contribution in [-0.2, 0) is 10.0 Å². The molecule has 1 aromatic carbocycles. The van der Waals surface area contributed by atoms with Crippen molar-refractivity contribution in [1.82, 2.24) is 4.31 Å². The molecule has 1 atom stereocenters. The number of carbonyl (C=O) groups is 1. The van der Waals surface area contributed by atoms with E-state index < -0.39 is 22.0 Å². The van der Waals surface area contributed by atoms with Gasteiger partial charge in [0.15, 0.2) is 0 Å². The van der Waals surface area contributed by atoms with Gasteiger partial charge < -0.3 is 10.2 Å². The Morgan fingerprint density at radius 1 is 1.48 bits per heavy atom. The van der Waals surface area contributed by atoms with Gasteiger partial charge in [-0.25, -0.2) is 13.2 Å². The van der Waals surface area contributed by atoms with E-state index in [4.69, 9.17) is 16.7 Å². The van der Waals surface area contributed by atoms with E-state index >= 15 is 0 Å². The van der Waals surface area contributed by atoms with Gasteiger partial charge in [0, 0.05) is 17.6 Å². The summed E-state index contributed by atoms with van der Waals surface area (Å²) in [7, 11) is -3.88. The van der Waals surface area contributed by atoms with Crippen molar-refractivity contribution in [2.45, 2.75) is 30.7 Å². The molecule has 0 aromatic heterocycles. The molecule has 1 aliphatic rings. The zero-order chi connectivity index (χ0) is 15.8. The van der Waals surface area contributed by atoms with Gasteiger partial charge in [-0.15, -0.1) is 0 Å². The summed E-state index contributed by atoms with van der Waals surface area (Å²) in [6.45, 7) is 1.49. The second kappa shape index (κ2) is 5.92. The minimum Gasteiger partial charge on any atom is -0.478 e. The molecule has 8 heteroatoms. The Morgan fingerprint density at radius 3 is 2.71 bits per heavy atom. The molecule has 0 unspecified atom stereocenters. The summed E-state index contributed by atoms with van der Waals surface area (Å²) < 4.78 is 26.6. The molecule has 0 spiro atoms. The minimum absolute atomic E-state index is 0.0521. The smallest absolute Gasteiger partial charge is 0.336 e. The van der Waals surface area contributed by atoms with Crippen molar-refractivity contribution >= 4 is 27.6 Å². The first-order valence-corrected chi connectivity index (χ1v) is 8.27. The number of benzene rings is 1. The highest BCUT2D eigenvalue weighted by atomic mass is 35.5. The topological polar surface area (TPSA) is 94.9 Å². The number of aromatic carboxylic acids is 1. The number of halogens is 1. The molecule has 0 saturated carbocycles. The number of carboxylic acids is 1. The first kappa shape index (κ1) is 16.2. The largest absolute Gasteiger partial charge is 0.478 e. The fourth-order valence-corrected chi connectivity index (χ4v) is 4.82. The summed E-state index contributed by atoms with van der Waals surface area (Å²) >= 11 is 5.85. The Kier molecular flexibility index (Phi) is 4.57. The molecule has 2 N–H and O–H groups in total. The van der Waals surface area contributed by atoms with E-state index in [1.165, 1.54) is 23.4 Å². The summed E-state index contributed by atoms with van der Waals surface area (Å²) in [5, 5.41) is 18.5. The fraction of sp³-hybridized carbons (Fsp3) is 0.462. The van der Waals surface area contributed by atoms with Crippen LogP contribution in [0.3, 0.4) is 0 Å². The Hall–Kier alpha value is -1.15. The molecule has 0 aliphatic carbocycles. The Morgan fingerprint density at radius 2 is 2.14 bits per heavy atom. The van der Waals surface area contributed by atoms with E-state index in [0.717, 1.165) is 0 Å². The highest BCUT2D eigenvalue weighted by Gasteiger charge is 2.36. The van der Waals surface area contributed by atoms with Gasteiger partial charge in [0.1, 0.15) is 0 Å². The number of aliphatic hydroxyl groups is 1. The van der Waals surface area contributed by atoms with E-state index in [0.29, 0.717) is 19.4 Å². The number of nitrogens with zero attached hydrogens (tertiary/aromatic N) is 1. The third kappa shape index (κ3) is 2.91. The van der Waals surface area contributed by atoms with Crippen LogP contribution in [0.15, 0.2) is 17.0 Å². The Bertz CT molecular complexity index is 673. The normalized spacial score (nSPS) is 19.9. The van der Waals surface area contributed by atoms with Gasteiger partial charge in [-0.2, -0.15) is 4.31 Å². The molecule has 0 amide bonds. The minimum atomic E-state index is -3.88. The molecule has 21 heavy (non-hydrogen) atoms. The van der Waals surface area contributed by atoms with Crippen molar-refractivity contribution in [3.63, 3.8) is 0 Å². The Balaban J connectivity index is 2.57. The lowest BCUT2D eigenvalue weighted by Gasteiger charge is -2.23. The van der Waals surface area contributed by atoms with Gasteiger partial charge >= 0.3 is 5.97 Å². The quantitative estimate of drug-likeness (QED) is 0.870. The van der Waals surface area contributed by atoms with E-state index in [-0.39, 0.29) is 27.7 Å². The second-order valence-electron chi connectivity index (χ2n) is 4.98. The summed E-state index contributed by atoms with van der Waals surface area (Å²) in [5.74, 6) is -1.23. The zero-order valence-corrected chi connectivity index (χ0v) is 13.0. The fourth-order valence-electron chi connectivity index (χ4n) is 2.58. The molecular formula is C13H16ClNO5S. The lowest BCUT2D eigenvalue weighted by atomic mass is 10.1. The lowest BCUT2D eigenvalue weighted by molar-refractivity contribution is 0.0695. The van der Waals surface area contributed by atoms with Crippen molar-refractivity contribution in [2.24, 2.45) is 0 Å². The molecule has 1 fully saturated rings. The van der Waals surface area contributed by atoms with Crippen LogP contribution in [0.2, 0.25) is 5.02 Å². The first-order valence-electron chi connectivity index (χ1n) is 6.45. The van der Waals surface area contributed by atoms with Crippen LogP contribution < -0.4 is 0 Å². The van der Waals surface area contributed by atoms with Crippen molar-refractivity contribution < 1.29 is 23.4 Å². The summed E-state index contributed by atoms with van der Waals surface area (Å²) in [5.41, 5.74) is 0.0105.